The fourth-order valence-electron chi connectivity index (χ4n) is 2.90. The second kappa shape index (κ2) is 8.53. The van der Waals surface area contributed by atoms with E-state index in [1.807, 2.05) is 0 Å². The predicted octanol–water partition coefficient (Wildman–Crippen LogP) is 0.924. The molecule has 1 saturated heterocycles. The summed E-state index contributed by atoms with van der Waals surface area (Å²) in [4.78, 5) is 34.7. The highest BCUT2D eigenvalue weighted by molar-refractivity contribution is 7.99. The first kappa shape index (κ1) is 19.4. The van der Waals surface area contributed by atoms with Gasteiger partial charge in [-0.3, -0.25) is 14.2 Å². The molecule has 0 aliphatic carbocycles. The van der Waals surface area contributed by atoms with Crippen molar-refractivity contribution < 1.29 is 23.8 Å². The number of anilines is 1. The zero-order chi connectivity index (χ0) is 19.4. The molecule has 27 heavy (non-hydrogen) atoms. The van der Waals surface area contributed by atoms with Crippen molar-refractivity contribution in [2.24, 2.45) is 0 Å². The van der Waals surface area contributed by atoms with Crippen molar-refractivity contribution in [2.75, 3.05) is 23.8 Å². The zero-order valence-corrected chi connectivity index (χ0v) is 15.8. The molecule has 0 spiro atoms. The molecular weight excluding hydrogens is 374 g/mol. The number of ether oxygens (including phenoxy) is 3. The lowest BCUT2D eigenvalue weighted by Crippen LogP contribution is -2.24. The van der Waals surface area contributed by atoms with Gasteiger partial charge in [0.15, 0.2) is 17.7 Å². The summed E-state index contributed by atoms with van der Waals surface area (Å²) in [5.41, 5.74) is 6.83. The molecule has 3 atom stereocenters. The van der Waals surface area contributed by atoms with Crippen LogP contribution in [0, 0.1) is 0 Å². The second-order valence-corrected chi connectivity index (χ2v) is 7.18. The van der Waals surface area contributed by atoms with Crippen molar-refractivity contribution in [1.29, 1.82) is 0 Å². The van der Waals surface area contributed by atoms with Crippen LogP contribution in [0.2, 0.25) is 0 Å². The van der Waals surface area contributed by atoms with E-state index in [0.717, 1.165) is 0 Å². The molecule has 2 aromatic rings. The van der Waals surface area contributed by atoms with Crippen molar-refractivity contribution in [3.05, 3.63) is 12.7 Å². The van der Waals surface area contributed by atoms with Crippen LogP contribution >= 0.6 is 11.8 Å². The van der Waals surface area contributed by atoms with Gasteiger partial charge < -0.3 is 19.9 Å². The Balaban J connectivity index is 1.69. The van der Waals surface area contributed by atoms with Gasteiger partial charge in [-0.25, -0.2) is 15.0 Å². The van der Waals surface area contributed by atoms with Gasteiger partial charge in [-0.2, -0.15) is 11.8 Å². The maximum atomic E-state index is 11.5. The summed E-state index contributed by atoms with van der Waals surface area (Å²) in [6.45, 7) is 3.10. The van der Waals surface area contributed by atoms with Crippen molar-refractivity contribution in [2.45, 2.75) is 38.7 Å². The number of aromatic nitrogens is 4. The number of nitrogens with zero attached hydrogens (tertiary/aromatic N) is 4. The van der Waals surface area contributed by atoms with E-state index in [-0.39, 0.29) is 23.9 Å². The molecule has 3 heterocycles. The Morgan fingerprint density at radius 1 is 1.33 bits per heavy atom. The molecule has 3 rings (SSSR count). The van der Waals surface area contributed by atoms with Crippen molar-refractivity contribution in [1.82, 2.24) is 19.5 Å². The number of fused-ring (bicyclic) bond motifs is 1. The van der Waals surface area contributed by atoms with E-state index >= 15 is 0 Å². The highest BCUT2D eigenvalue weighted by Gasteiger charge is 2.39. The van der Waals surface area contributed by atoms with Crippen LogP contribution in [-0.4, -0.2) is 61.8 Å². The third kappa shape index (κ3) is 4.66. The van der Waals surface area contributed by atoms with Gasteiger partial charge in [0.1, 0.15) is 24.6 Å². The number of rotatable bonds is 7. The Kier molecular flexibility index (Phi) is 6.11. The van der Waals surface area contributed by atoms with Gasteiger partial charge in [-0.1, -0.05) is 0 Å². The van der Waals surface area contributed by atoms with Crippen LogP contribution in [0.1, 0.15) is 26.5 Å². The highest BCUT2D eigenvalue weighted by Crippen LogP contribution is 2.34. The molecule has 146 valence electrons. The van der Waals surface area contributed by atoms with Crippen molar-refractivity contribution >= 4 is 40.7 Å². The fourth-order valence-corrected chi connectivity index (χ4v) is 3.75. The first-order valence-electron chi connectivity index (χ1n) is 8.42. The molecule has 0 unspecified atom stereocenters. The van der Waals surface area contributed by atoms with E-state index in [9.17, 15) is 9.59 Å². The number of carbonyl (C=O) groups is 2. The normalized spacial score (nSPS) is 22.1. The molecule has 1 fully saturated rings. The summed E-state index contributed by atoms with van der Waals surface area (Å²) in [7, 11) is 0. The lowest BCUT2D eigenvalue weighted by Gasteiger charge is -2.19. The maximum absolute atomic E-state index is 11.5. The SMILES string of the molecule is CC(=O)OCCSC[C@@H]1C[C@@H](OC(C)=O)[C@H](n2cnc3c(N)ncnc32)O1. The third-order valence-electron chi connectivity index (χ3n) is 3.96. The quantitative estimate of drug-likeness (QED) is 0.533. The van der Waals surface area contributed by atoms with E-state index in [1.165, 1.54) is 20.2 Å². The molecule has 11 heteroatoms. The van der Waals surface area contributed by atoms with Gasteiger partial charge >= 0.3 is 11.9 Å². The van der Waals surface area contributed by atoms with Gasteiger partial charge in [0.05, 0.1) is 12.4 Å². The lowest BCUT2D eigenvalue weighted by atomic mass is 10.2. The lowest BCUT2D eigenvalue weighted by molar-refractivity contribution is -0.152. The van der Waals surface area contributed by atoms with Gasteiger partial charge in [-0.15, -0.1) is 0 Å². The van der Waals surface area contributed by atoms with E-state index < -0.39 is 12.3 Å². The van der Waals surface area contributed by atoms with E-state index in [0.29, 0.717) is 35.7 Å². The molecule has 0 radical (unpaired) electrons. The zero-order valence-electron chi connectivity index (χ0n) is 15.0. The number of thioether (sulfide) groups is 1. The smallest absolute Gasteiger partial charge is 0.303 e. The number of esters is 2. The summed E-state index contributed by atoms with van der Waals surface area (Å²) >= 11 is 1.61. The van der Waals surface area contributed by atoms with Gasteiger partial charge in [0, 0.05) is 31.8 Å². The molecule has 2 N–H and O–H groups in total. The first-order valence-corrected chi connectivity index (χ1v) is 9.58. The molecule has 0 bridgehead atoms. The number of nitrogens with two attached hydrogens (primary N) is 1. The average molecular weight is 395 g/mol. The minimum absolute atomic E-state index is 0.127. The number of carbonyl (C=O) groups excluding carboxylic acids is 2. The second-order valence-electron chi connectivity index (χ2n) is 6.03. The van der Waals surface area contributed by atoms with Crippen LogP contribution in [0.15, 0.2) is 12.7 Å². The molecule has 2 aromatic heterocycles. The Morgan fingerprint density at radius 2 is 2.15 bits per heavy atom. The summed E-state index contributed by atoms with van der Waals surface area (Å²) in [5, 5.41) is 0. The highest BCUT2D eigenvalue weighted by atomic mass is 32.2. The van der Waals surface area contributed by atoms with E-state index in [1.54, 1.807) is 22.7 Å². The predicted molar refractivity (Wildman–Crippen MR) is 97.8 cm³/mol. The Labute approximate surface area is 159 Å². The minimum Gasteiger partial charge on any atom is -0.465 e. The molecular formula is C16H21N5O5S. The number of hydrogen-bond donors (Lipinski definition) is 1. The largest absolute Gasteiger partial charge is 0.465 e. The van der Waals surface area contributed by atoms with Gasteiger partial charge in [0.25, 0.3) is 0 Å². The monoisotopic (exact) mass is 395 g/mol. The number of nitrogen functional groups attached to an aromatic ring is 1. The summed E-state index contributed by atoms with van der Waals surface area (Å²) in [6.07, 6.45) is 2.33. The third-order valence-corrected chi connectivity index (χ3v) is 5.02. The molecule has 0 amide bonds. The van der Waals surface area contributed by atoms with Crippen LogP contribution in [0.3, 0.4) is 0 Å². The van der Waals surface area contributed by atoms with Crippen LogP contribution in [0.4, 0.5) is 5.82 Å². The summed E-state index contributed by atoms with van der Waals surface area (Å²) in [5.74, 6) is 0.948. The molecule has 1 aliphatic heterocycles. The van der Waals surface area contributed by atoms with Gasteiger partial charge in [0.2, 0.25) is 0 Å². The Bertz CT molecular complexity index is 829. The maximum Gasteiger partial charge on any atom is 0.303 e. The molecule has 0 aromatic carbocycles. The van der Waals surface area contributed by atoms with Crippen LogP contribution in [-0.2, 0) is 23.8 Å². The molecule has 1 aliphatic rings. The summed E-state index contributed by atoms with van der Waals surface area (Å²) in [6, 6.07) is 0. The molecule has 10 nitrogen and oxygen atoms in total. The van der Waals surface area contributed by atoms with E-state index in [2.05, 4.69) is 15.0 Å². The molecule has 0 saturated carbocycles. The number of hydrogen-bond acceptors (Lipinski definition) is 10. The standard InChI is InChI=1S/C16H21N5O5S/c1-9(22)24-3-4-27-6-11-5-12(25-10(2)23)16(26-11)21-8-20-13-14(17)18-7-19-15(13)21/h7-8,11-12,16H,3-6H2,1-2H3,(H2,17,18,19)/t11-,12+,16+/m0/s1. The minimum atomic E-state index is -0.549. The van der Waals surface area contributed by atoms with Crippen molar-refractivity contribution in [3.8, 4) is 0 Å². The van der Waals surface area contributed by atoms with Crippen LogP contribution in [0.25, 0.3) is 11.2 Å². The van der Waals surface area contributed by atoms with E-state index in [4.69, 9.17) is 19.9 Å². The average Bonchev–Trinajstić information content (AvgIpc) is 3.18. The summed E-state index contributed by atoms with van der Waals surface area (Å²) < 4.78 is 18.2. The van der Waals surface area contributed by atoms with Crippen molar-refractivity contribution in [3.63, 3.8) is 0 Å². The Morgan fingerprint density at radius 3 is 2.89 bits per heavy atom. The Hall–Kier alpha value is -2.40. The fraction of sp³-hybridized carbons (Fsp3) is 0.562. The topological polar surface area (TPSA) is 131 Å². The van der Waals surface area contributed by atoms with Crippen LogP contribution in [0.5, 0.6) is 0 Å². The van der Waals surface area contributed by atoms with Crippen LogP contribution < -0.4 is 5.73 Å². The van der Waals surface area contributed by atoms with Gasteiger partial charge in [-0.05, 0) is 0 Å². The number of imidazole rings is 1. The first-order chi connectivity index (χ1) is 13.0.